The summed E-state index contributed by atoms with van der Waals surface area (Å²) in [5.41, 5.74) is 1.30. The van der Waals surface area contributed by atoms with Gasteiger partial charge in [-0.2, -0.15) is 11.8 Å². The molecule has 28 heavy (non-hydrogen) atoms. The molecule has 5 nitrogen and oxygen atoms in total. The van der Waals surface area contributed by atoms with Gasteiger partial charge in [-0.15, -0.1) is 24.0 Å². The lowest BCUT2D eigenvalue weighted by molar-refractivity contribution is 0.408. The first-order chi connectivity index (χ1) is 13.3. The topological polar surface area (TPSA) is 45.5 Å². The van der Waals surface area contributed by atoms with Crippen molar-refractivity contribution >= 4 is 41.7 Å². The largest absolute Gasteiger partial charge is 0.357 e. The Morgan fingerprint density at radius 3 is 2.86 bits per heavy atom. The van der Waals surface area contributed by atoms with Gasteiger partial charge in [0.05, 0.1) is 0 Å². The highest BCUT2D eigenvalue weighted by Gasteiger charge is 2.21. The van der Waals surface area contributed by atoms with Crippen LogP contribution in [0.1, 0.15) is 31.7 Å². The van der Waals surface area contributed by atoms with Crippen LogP contribution in [0.25, 0.3) is 0 Å². The minimum absolute atomic E-state index is 0. The molecule has 0 spiro atoms. The van der Waals surface area contributed by atoms with Gasteiger partial charge in [0.25, 0.3) is 0 Å². The SMILES string of the molecule is CCNC(=NCCc1nccn1Cc1ccccc1)N1CCSC(CC)C1.I. The smallest absolute Gasteiger partial charge is 0.193 e. The van der Waals surface area contributed by atoms with Gasteiger partial charge in [-0.25, -0.2) is 4.98 Å². The Labute approximate surface area is 190 Å². The monoisotopic (exact) mass is 513 g/mol. The molecule has 0 radical (unpaired) electrons. The van der Waals surface area contributed by atoms with Crippen LogP contribution in [-0.2, 0) is 13.0 Å². The quantitative estimate of drug-likeness (QED) is 0.347. The second-order valence-corrected chi connectivity index (χ2v) is 8.20. The highest BCUT2D eigenvalue weighted by atomic mass is 127. The molecule has 1 aliphatic heterocycles. The van der Waals surface area contributed by atoms with Crippen molar-refractivity contribution in [2.24, 2.45) is 4.99 Å². The van der Waals surface area contributed by atoms with E-state index in [1.807, 2.05) is 6.20 Å². The number of nitrogens with one attached hydrogen (secondary N) is 1. The first-order valence-corrected chi connectivity index (χ1v) is 11.0. The van der Waals surface area contributed by atoms with E-state index < -0.39 is 0 Å². The number of rotatable bonds is 7. The molecule has 0 amide bonds. The predicted octanol–water partition coefficient (Wildman–Crippen LogP) is 3.88. The molecule has 7 heteroatoms. The van der Waals surface area contributed by atoms with Crippen molar-refractivity contribution in [2.45, 2.75) is 38.5 Å². The fourth-order valence-corrected chi connectivity index (χ4v) is 4.52. The van der Waals surface area contributed by atoms with Gasteiger partial charge in [-0.3, -0.25) is 4.99 Å². The standard InChI is InChI=1S/C21H31N5S.HI/c1-3-19-17-26(14-15-27-19)21(22-4-2)24-11-10-20-23-12-13-25(20)16-18-8-6-5-7-9-18;/h5-9,12-13,19H,3-4,10-11,14-17H2,1-2H3,(H,22,24);1H. The lowest BCUT2D eigenvalue weighted by Gasteiger charge is -2.34. The highest BCUT2D eigenvalue weighted by molar-refractivity contribution is 14.0. The van der Waals surface area contributed by atoms with Crippen molar-refractivity contribution in [3.8, 4) is 0 Å². The fourth-order valence-electron chi connectivity index (χ4n) is 3.34. The van der Waals surface area contributed by atoms with Crippen molar-refractivity contribution in [1.29, 1.82) is 0 Å². The van der Waals surface area contributed by atoms with E-state index in [4.69, 9.17) is 4.99 Å². The predicted molar refractivity (Wildman–Crippen MR) is 131 cm³/mol. The third-order valence-corrected chi connectivity index (χ3v) is 6.20. The molecule has 0 bridgehead atoms. The zero-order chi connectivity index (χ0) is 18.9. The molecule has 1 aliphatic rings. The summed E-state index contributed by atoms with van der Waals surface area (Å²) in [4.78, 5) is 11.9. The Balaban J connectivity index is 0.00000280. The van der Waals surface area contributed by atoms with Crippen LogP contribution in [0.3, 0.4) is 0 Å². The molecular formula is C21H32IN5S. The lowest BCUT2D eigenvalue weighted by atomic mass is 10.2. The molecule has 2 aromatic rings. The molecule has 1 aromatic carbocycles. The summed E-state index contributed by atoms with van der Waals surface area (Å²) in [6.45, 7) is 9.11. The van der Waals surface area contributed by atoms with Gasteiger partial charge in [0.15, 0.2) is 5.96 Å². The van der Waals surface area contributed by atoms with Crippen LogP contribution < -0.4 is 5.32 Å². The van der Waals surface area contributed by atoms with Gasteiger partial charge in [-0.05, 0) is 18.9 Å². The van der Waals surface area contributed by atoms with Crippen LogP contribution in [0.15, 0.2) is 47.7 Å². The van der Waals surface area contributed by atoms with Gasteiger partial charge in [0.2, 0.25) is 0 Å². The molecule has 1 atom stereocenters. The molecule has 1 N–H and O–H groups in total. The molecule has 3 rings (SSSR count). The summed E-state index contributed by atoms with van der Waals surface area (Å²) >= 11 is 2.09. The van der Waals surface area contributed by atoms with E-state index in [0.717, 1.165) is 50.9 Å². The number of benzene rings is 1. The highest BCUT2D eigenvalue weighted by Crippen LogP contribution is 2.21. The maximum absolute atomic E-state index is 4.90. The maximum atomic E-state index is 4.90. The van der Waals surface area contributed by atoms with Crippen LogP contribution in [0.2, 0.25) is 0 Å². The van der Waals surface area contributed by atoms with E-state index in [1.165, 1.54) is 17.7 Å². The average molecular weight is 513 g/mol. The summed E-state index contributed by atoms with van der Waals surface area (Å²) in [5.74, 6) is 3.33. The summed E-state index contributed by atoms with van der Waals surface area (Å²) in [5, 5.41) is 4.19. The van der Waals surface area contributed by atoms with E-state index in [1.54, 1.807) is 0 Å². The number of thioether (sulfide) groups is 1. The van der Waals surface area contributed by atoms with E-state index in [-0.39, 0.29) is 24.0 Å². The number of aliphatic imine (C=N–C) groups is 1. The third kappa shape index (κ3) is 6.69. The van der Waals surface area contributed by atoms with Crippen LogP contribution in [0.4, 0.5) is 0 Å². The molecule has 1 aromatic heterocycles. The van der Waals surface area contributed by atoms with E-state index in [9.17, 15) is 0 Å². The second-order valence-electron chi connectivity index (χ2n) is 6.79. The number of aromatic nitrogens is 2. The number of imidazole rings is 1. The summed E-state index contributed by atoms with van der Waals surface area (Å²) in [7, 11) is 0. The van der Waals surface area contributed by atoms with Crippen LogP contribution in [0.5, 0.6) is 0 Å². The van der Waals surface area contributed by atoms with Crippen LogP contribution in [-0.4, -0.2) is 57.6 Å². The minimum Gasteiger partial charge on any atom is -0.357 e. The van der Waals surface area contributed by atoms with Crippen LogP contribution >= 0.6 is 35.7 Å². The number of hydrogen-bond acceptors (Lipinski definition) is 3. The van der Waals surface area contributed by atoms with Crippen LogP contribution in [0, 0.1) is 0 Å². The van der Waals surface area contributed by atoms with Gasteiger partial charge in [-0.1, -0.05) is 37.3 Å². The molecular weight excluding hydrogens is 481 g/mol. The Morgan fingerprint density at radius 1 is 1.29 bits per heavy atom. The third-order valence-electron chi connectivity index (χ3n) is 4.82. The van der Waals surface area contributed by atoms with Crippen molar-refractivity contribution in [3.05, 3.63) is 54.1 Å². The summed E-state index contributed by atoms with van der Waals surface area (Å²) < 4.78 is 2.22. The number of hydrogen-bond donors (Lipinski definition) is 1. The van der Waals surface area contributed by atoms with Crippen molar-refractivity contribution in [2.75, 3.05) is 31.9 Å². The maximum Gasteiger partial charge on any atom is 0.193 e. The zero-order valence-electron chi connectivity index (χ0n) is 16.9. The Morgan fingerprint density at radius 2 is 2.11 bits per heavy atom. The van der Waals surface area contributed by atoms with Gasteiger partial charge < -0.3 is 14.8 Å². The lowest BCUT2D eigenvalue weighted by Crippen LogP contribution is -2.48. The van der Waals surface area contributed by atoms with Crippen molar-refractivity contribution in [3.63, 3.8) is 0 Å². The molecule has 154 valence electrons. The molecule has 0 aliphatic carbocycles. The second kappa shape index (κ2) is 12.4. The van der Waals surface area contributed by atoms with Gasteiger partial charge in [0.1, 0.15) is 5.82 Å². The first-order valence-electron chi connectivity index (χ1n) is 9.99. The average Bonchev–Trinajstić information content (AvgIpc) is 3.15. The zero-order valence-corrected chi connectivity index (χ0v) is 20.0. The first kappa shape index (κ1) is 23.1. The van der Waals surface area contributed by atoms with Gasteiger partial charge in [0, 0.05) is 62.5 Å². The van der Waals surface area contributed by atoms with E-state index >= 15 is 0 Å². The Hall–Kier alpha value is -1.22. The van der Waals surface area contributed by atoms with E-state index in [2.05, 4.69) is 81.9 Å². The van der Waals surface area contributed by atoms with E-state index in [0.29, 0.717) is 5.25 Å². The summed E-state index contributed by atoms with van der Waals surface area (Å²) in [6.07, 6.45) is 6.03. The van der Waals surface area contributed by atoms with Gasteiger partial charge >= 0.3 is 0 Å². The van der Waals surface area contributed by atoms with Crippen molar-refractivity contribution in [1.82, 2.24) is 19.8 Å². The molecule has 2 heterocycles. The van der Waals surface area contributed by atoms with Crippen molar-refractivity contribution < 1.29 is 0 Å². The number of guanidine groups is 1. The normalized spacial score (nSPS) is 17.3. The Bertz CT molecular complexity index is 719. The number of halogens is 1. The molecule has 0 saturated carbocycles. The molecule has 1 fully saturated rings. The number of nitrogens with zero attached hydrogens (tertiary/aromatic N) is 4. The minimum atomic E-state index is 0. The summed E-state index contributed by atoms with van der Waals surface area (Å²) in [6, 6.07) is 10.5. The fraction of sp³-hybridized carbons (Fsp3) is 0.524. The molecule has 1 unspecified atom stereocenters. The molecule has 1 saturated heterocycles. The Kier molecular flexibility index (Phi) is 10.2.